The molecule has 2 atom stereocenters. The first-order chi connectivity index (χ1) is 12.9. The van der Waals surface area contributed by atoms with Gasteiger partial charge in [0.1, 0.15) is 0 Å². The number of carbonyl (C=O) groups is 2. The van der Waals surface area contributed by atoms with E-state index in [4.69, 9.17) is 9.47 Å². The largest absolute Gasteiger partial charge is 0.441 e. The van der Waals surface area contributed by atoms with Crippen molar-refractivity contribution in [3.05, 3.63) is 60.7 Å². The van der Waals surface area contributed by atoms with Crippen LogP contribution in [0.25, 0.3) is 0 Å². The van der Waals surface area contributed by atoms with Gasteiger partial charge in [0.05, 0.1) is 11.5 Å². The van der Waals surface area contributed by atoms with E-state index >= 15 is 0 Å². The smallest absolute Gasteiger partial charge is 0.412 e. The SMILES string of the molecule is O=C(Nc1ccccc1)O[C@H]1CS(=O)(=O)C[C@@H]1OC(=O)Nc1ccccc1. The van der Waals surface area contributed by atoms with Crippen molar-refractivity contribution in [2.45, 2.75) is 12.2 Å². The van der Waals surface area contributed by atoms with E-state index < -0.39 is 45.7 Å². The molecule has 1 saturated heterocycles. The summed E-state index contributed by atoms with van der Waals surface area (Å²) in [7, 11) is -3.49. The number of carbonyl (C=O) groups excluding carboxylic acids is 2. The molecule has 0 aliphatic carbocycles. The van der Waals surface area contributed by atoms with Gasteiger partial charge in [-0.3, -0.25) is 10.6 Å². The van der Waals surface area contributed by atoms with Gasteiger partial charge in [0.2, 0.25) is 0 Å². The molecule has 2 aromatic carbocycles. The van der Waals surface area contributed by atoms with Crippen molar-refractivity contribution in [3.63, 3.8) is 0 Å². The number of rotatable bonds is 4. The predicted octanol–water partition coefficient (Wildman–Crippen LogP) is 2.65. The highest BCUT2D eigenvalue weighted by Gasteiger charge is 2.43. The Bertz CT molecular complexity index is 832. The highest BCUT2D eigenvalue weighted by Crippen LogP contribution is 2.21. The standard InChI is InChI=1S/C18H18N2O6S/c21-17(19-13-7-3-1-4-8-13)25-15-11-27(23,24)12-16(15)26-18(22)20-14-9-5-2-6-10-14/h1-10,15-16H,11-12H2,(H,19,21)(H,20,22)/t15-,16-/m0/s1. The maximum absolute atomic E-state index is 12.0. The average molecular weight is 390 g/mol. The predicted molar refractivity (Wildman–Crippen MR) is 99.3 cm³/mol. The van der Waals surface area contributed by atoms with Gasteiger partial charge in [0.25, 0.3) is 0 Å². The van der Waals surface area contributed by atoms with Gasteiger partial charge in [0, 0.05) is 11.4 Å². The zero-order valence-electron chi connectivity index (χ0n) is 14.2. The third-order valence-electron chi connectivity index (χ3n) is 3.81. The second kappa shape index (κ2) is 8.09. The van der Waals surface area contributed by atoms with Gasteiger partial charge in [-0.05, 0) is 24.3 Å². The van der Waals surface area contributed by atoms with Gasteiger partial charge in [-0.25, -0.2) is 18.0 Å². The maximum atomic E-state index is 12.0. The van der Waals surface area contributed by atoms with E-state index in [0.717, 1.165) is 0 Å². The van der Waals surface area contributed by atoms with Crippen LogP contribution in [0.3, 0.4) is 0 Å². The van der Waals surface area contributed by atoms with E-state index in [1.54, 1.807) is 60.7 Å². The molecule has 1 aliphatic rings. The van der Waals surface area contributed by atoms with Crippen molar-refractivity contribution in [1.82, 2.24) is 0 Å². The third-order valence-corrected chi connectivity index (χ3v) is 5.48. The zero-order valence-corrected chi connectivity index (χ0v) is 15.0. The van der Waals surface area contributed by atoms with Crippen LogP contribution in [-0.2, 0) is 19.3 Å². The summed E-state index contributed by atoms with van der Waals surface area (Å²) in [6.45, 7) is 0. The minimum Gasteiger partial charge on any atom is -0.441 e. The second-order valence-corrected chi connectivity index (χ2v) is 8.10. The zero-order chi connectivity index (χ0) is 19.3. The van der Waals surface area contributed by atoms with Crippen LogP contribution in [0.1, 0.15) is 0 Å². The Morgan fingerprint density at radius 2 is 1.11 bits per heavy atom. The van der Waals surface area contributed by atoms with Crippen LogP contribution in [0, 0.1) is 0 Å². The number of sulfone groups is 1. The fourth-order valence-corrected chi connectivity index (χ4v) is 4.32. The number of para-hydroxylation sites is 2. The summed E-state index contributed by atoms with van der Waals surface area (Å²) in [6.07, 6.45) is -3.80. The number of hydrogen-bond acceptors (Lipinski definition) is 6. The van der Waals surface area contributed by atoms with Crippen LogP contribution in [0.15, 0.2) is 60.7 Å². The van der Waals surface area contributed by atoms with Gasteiger partial charge in [-0.15, -0.1) is 0 Å². The molecule has 2 amide bonds. The quantitative estimate of drug-likeness (QED) is 0.830. The van der Waals surface area contributed by atoms with E-state index in [1.807, 2.05) is 0 Å². The number of benzene rings is 2. The summed E-state index contributed by atoms with van der Waals surface area (Å²) in [5, 5.41) is 5.00. The maximum Gasteiger partial charge on any atom is 0.412 e. The van der Waals surface area contributed by atoms with Crippen LogP contribution in [0.4, 0.5) is 21.0 Å². The van der Waals surface area contributed by atoms with Crippen LogP contribution in [-0.4, -0.2) is 44.3 Å². The minimum absolute atomic E-state index is 0.404. The van der Waals surface area contributed by atoms with Gasteiger partial charge in [0.15, 0.2) is 22.0 Å². The van der Waals surface area contributed by atoms with E-state index in [0.29, 0.717) is 11.4 Å². The molecule has 0 aromatic heterocycles. The van der Waals surface area contributed by atoms with E-state index in [1.165, 1.54) is 0 Å². The molecule has 2 aromatic rings. The molecule has 1 aliphatic heterocycles. The van der Waals surface area contributed by atoms with Gasteiger partial charge >= 0.3 is 12.2 Å². The molecular weight excluding hydrogens is 372 g/mol. The first-order valence-electron chi connectivity index (χ1n) is 8.17. The summed E-state index contributed by atoms with van der Waals surface area (Å²) in [5.74, 6) is -0.809. The topological polar surface area (TPSA) is 111 Å². The molecule has 0 spiro atoms. The summed E-state index contributed by atoms with van der Waals surface area (Å²) < 4.78 is 34.2. The first-order valence-corrected chi connectivity index (χ1v) is 9.99. The lowest BCUT2D eigenvalue weighted by molar-refractivity contribution is 0.0278. The molecule has 2 N–H and O–H groups in total. The van der Waals surface area contributed by atoms with Crippen LogP contribution in [0.2, 0.25) is 0 Å². The van der Waals surface area contributed by atoms with Crippen molar-refractivity contribution in [3.8, 4) is 0 Å². The first kappa shape index (κ1) is 18.7. The Morgan fingerprint density at radius 3 is 1.48 bits per heavy atom. The summed E-state index contributed by atoms with van der Waals surface area (Å²) in [4.78, 5) is 24.0. The molecular formula is C18H18N2O6S. The van der Waals surface area contributed by atoms with Crippen molar-refractivity contribution >= 4 is 33.4 Å². The van der Waals surface area contributed by atoms with Crippen LogP contribution >= 0.6 is 0 Å². The Labute approximate surface area is 156 Å². The molecule has 27 heavy (non-hydrogen) atoms. The molecule has 0 unspecified atom stereocenters. The van der Waals surface area contributed by atoms with Crippen molar-refractivity contribution in [1.29, 1.82) is 0 Å². The number of ether oxygens (including phenoxy) is 2. The number of anilines is 2. The normalized spacial score (nSPS) is 20.4. The Kier molecular flexibility index (Phi) is 5.60. The van der Waals surface area contributed by atoms with Gasteiger partial charge < -0.3 is 9.47 Å². The molecule has 142 valence electrons. The van der Waals surface area contributed by atoms with Gasteiger partial charge in [-0.1, -0.05) is 36.4 Å². The van der Waals surface area contributed by atoms with E-state index in [9.17, 15) is 18.0 Å². The Morgan fingerprint density at radius 1 is 0.741 bits per heavy atom. The Balaban J connectivity index is 1.60. The Hall–Kier alpha value is -3.07. The molecule has 0 saturated carbocycles. The monoisotopic (exact) mass is 390 g/mol. The number of nitrogens with one attached hydrogen (secondary N) is 2. The van der Waals surface area contributed by atoms with Crippen LogP contribution < -0.4 is 10.6 Å². The van der Waals surface area contributed by atoms with E-state index in [-0.39, 0.29) is 0 Å². The van der Waals surface area contributed by atoms with Crippen LogP contribution in [0.5, 0.6) is 0 Å². The molecule has 3 rings (SSSR count). The number of amides is 2. The third kappa shape index (κ3) is 5.45. The lowest BCUT2D eigenvalue weighted by Crippen LogP contribution is -2.36. The molecule has 8 nitrogen and oxygen atoms in total. The molecule has 0 radical (unpaired) electrons. The molecule has 1 fully saturated rings. The van der Waals surface area contributed by atoms with Crippen molar-refractivity contribution in [2.24, 2.45) is 0 Å². The molecule has 9 heteroatoms. The lowest BCUT2D eigenvalue weighted by atomic mass is 10.2. The van der Waals surface area contributed by atoms with Crippen molar-refractivity contribution in [2.75, 3.05) is 22.1 Å². The molecule has 1 heterocycles. The summed E-state index contributed by atoms with van der Waals surface area (Å²) in [5.41, 5.74) is 1.00. The van der Waals surface area contributed by atoms with Gasteiger partial charge in [-0.2, -0.15) is 0 Å². The second-order valence-electron chi connectivity index (χ2n) is 5.95. The van der Waals surface area contributed by atoms with Crippen molar-refractivity contribution < 1.29 is 27.5 Å². The summed E-state index contributed by atoms with van der Waals surface area (Å²) in [6, 6.07) is 17.1. The highest BCUT2D eigenvalue weighted by molar-refractivity contribution is 7.91. The lowest BCUT2D eigenvalue weighted by Gasteiger charge is -2.19. The number of hydrogen-bond donors (Lipinski definition) is 2. The molecule has 0 bridgehead atoms. The minimum atomic E-state index is -3.49. The average Bonchev–Trinajstić information content (AvgIpc) is 2.89. The summed E-state index contributed by atoms with van der Waals surface area (Å²) >= 11 is 0. The fourth-order valence-electron chi connectivity index (χ4n) is 2.62. The fraction of sp³-hybridized carbons (Fsp3) is 0.222. The highest BCUT2D eigenvalue weighted by atomic mass is 32.2. The van der Waals surface area contributed by atoms with E-state index in [2.05, 4.69) is 10.6 Å².